The number of benzene rings is 5. The standard InChI is InChI=1S/C43H44N2O8S2/c1-22(2)43(46)45-41-24(4)17-23(3)34(26(41)6)18-29-13-15-31-36(20-29)53-37-21-30(19-35-25(5)40(44)28(8)42(27(35)7)55(50,51)52)14-16-32(37)39(31)33-11-9-10-12-38(33)54(47,48)49/h9-17,19-22H,18,44H2,1-8H3,(H,45,46)(H,47,48,49)(H,50,51,52)/b30-19+. The van der Waals surface area contributed by atoms with Crippen LogP contribution >= 0.6 is 0 Å². The Morgan fingerprint density at radius 1 is 0.782 bits per heavy atom. The number of amides is 1. The van der Waals surface area contributed by atoms with Crippen LogP contribution in [0, 0.1) is 47.5 Å². The normalized spacial score (nSPS) is 13.1. The Morgan fingerprint density at radius 3 is 2.13 bits per heavy atom. The Hall–Kier alpha value is -5.27. The predicted molar refractivity (Wildman–Crippen MR) is 215 cm³/mol. The number of nitrogens with two attached hydrogens (primary N) is 1. The second kappa shape index (κ2) is 14.4. The first kappa shape index (κ1) is 39.4. The molecule has 1 aliphatic rings. The summed E-state index contributed by atoms with van der Waals surface area (Å²) in [5, 5.41) is 4.28. The lowest BCUT2D eigenvalue weighted by molar-refractivity contribution is -0.118. The van der Waals surface area contributed by atoms with Gasteiger partial charge < -0.3 is 15.8 Å². The quantitative estimate of drug-likeness (QED) is 0.0939. The van der Waals surface area contributed by atoms with Crippen LogP contribution < -0.4 is 26.2 Å². The van der Waals surface area contributed by atoms with Crippen molar-refractivity contribution in [2.75, 3.05) is 11.1 Å². The van der Waals surface area contributed by atoms with Crippen molar-refractivity contribution in [1.82, 2.24) is 0 Å². The van der Waals surface area contributed by atoms with Crippen molar-refractivity contribution in [1.29, 1.82) is 0 Å². The Kier molecular flexibility index (Phi) is 10.3. The number of carbonyl (C=O) groups excluding carboxylic acids is 1. The summed E-state index contributed by atoms with van der Waals surface area (Å²) in [6.07, 6.45) is 2.27. The monoisotopic (exact) mass is 780 g/mol. The second-order valence-corrected chi connectivity index (χ2v) is 17.2. The van der Waals surface area contributed by atoms with Crippen molar-refractivity contribution >= 4 is 49.2 Å². The average Bonchev–Trinajstić information content (AvgIpc) is 3.10. The minimum atomic E-state index is -4.63. The van der Waals surface area contributed by atoms with E-state index in [9.17, 15) is 30.7 Å². The fourth-order valence-corrected chi connectivity index (χ4v) is 9.20. The van der Waals surface area contributed by atoms with Gasteiger partial charge in [0.25, 0.3) is 20.2 Å². The van der Waals surface area contributed by atoms with Crippen molar-refractivity contribution in [2.24, 2.45) is 5.92 Å². The number of hydrogen-bond acceptors (Lipinski definition) is 7. The molecule has 0 aromatic heterocycles. The Morgan fingerprint density at radius 2 is 1.47 bits per heavy atom. The third-order valence-electron chi connectivity index (χ3n) is 10.4. The average molecular weight is 781 g/mol. The highest BCUT2D eigenvalue weighted by Gasteiger charge is 2.27. The van der Waals surface area contributed by atoms with E-state index in [0.29, 0.717) is 56.2 Å². The summed E-state index contributed by atoms with van der Waals surface area (Å²) in [5.41, 5.74) is 15.5. The van der Waals surface area contributed by atoms with Crippen LogP contribution in [0.4, 0.5) is 11.4 Å². The molecule has 0 saturated heterocycles. The van der Waals surface area contributed by atoms with E-state index in [2.05, 4.69) is 11.4 Å². The molecule has 5 N–H and O–H groups in total. The van der Waals surface area contributed by atoms with Crippen molar-refractivity contribution in [2.45, 2.75) is 71.6 Å². The highest BCUT2D eigenvalue weighted by atomic mass is 32.2. The Bertz CT molecular complexity index is 2810. The summed E-state index contributed by atoms with van der Waals surface area (Å²) < 4.78 is 77.1. The van der Waals surface area contributed by atoms with Gasteiger partial charge in [0.1, 0.15) is 21.3 Å². The van der Waals surface area contributed by atoms with E-state index in [1.165, 1.54) is 6.07 Å². The molecule has 0 aliphatic carbocycles. The minimum absolute atomic E-state index is 0.0678. The smallest absolute Gasteiger partial charge is 0.295 e. The van der Waals surface area contributed by atoms with Crippen LogP contribution in [0.2, 0.25) is 0 Å². The van der Waals surface area contributed by atoms with Gasteiger partial charge in [-0.3, -0.25) is 13.9 Å². The van der Waals surface area contributed by atoms with Crippen molar-refractivity contribution in [3.05, 3.63) is 138 Å². The number of nitrogens with one attached hydrogen (secondary N) is 1. The van der Waals surface area contributed by atoms with Gasteiger partial charge in [0.15, 0.2) is 0 Å². The number of hydrogen-bond donors (Lipinski definition) is 4. The third-order valence-corrected chi connectivity index (χ3v) is 12.4. The number of aryl methyl sites for hydroxylation is 2. The fraction of sp³-hybridized carbons (Fsp3) is 0.233. The molecule has 5 aromatic carbocycles. The Labute approximate surface area is 321 Å². The van der Waals surface area contributed by atoms with Gasteiger partial charge in [-0.15, -0.1) is 0 Å². The summed E-state index contributed by atoms with van der Waals surface area (Å²) in [7, 11) is -9.21. The van der Waals surface area contributed by atoms with Gasteiger partial charge in [-0.2, -0.15) is 16.8 Å². The van der Waals surface area contributed by atoms with E-state index in [-0.39, 0.29) is 38.4 Å². The fourth-order valence-electron chi connectivity index (χ4n) is 7.51. The van der Waals surface area contributed by atoms with Crippen LogP contribution in [0.1, 0.15) is 75.0 Å². The zero-order chi connectivity index (χ0) is 40.3. The largest absolute Gasteiger partial charge is 0.456 e. The summed E-state index contributed by atoms with van der Waals surface area (Å²) >= 11 is 0. The van der Waals surface area contributed by atoms with Crippen molar-refractivity contribution in [3.8, 4) is 11.5 Å². The van der Waals surface area contributed by atoms with Gasteiger partial charge in [-0.25, -0.2) is 0 Å². The van der Waals surface area contributed by atoms with E-state index >= 15 is 0 Å². The molecule has 10 nitrogen and oxygen atoms in total. The molecule has 0 saturated carbocycles. The van der Waals surface area contributed by atoms with Gasteiger partial charge in [0.2, 0.25) is 5.91 Å². The summed E-state index contributed by atoms with van der Waals surface area (Å²) in [5.74, 6) is 0.599. The SMILES string of the molecule is Cc1cc(C)c(NC(=O)C(C)C)c(C)c1Cc1ccc2c(c1)Oc1c/c(=C/c3c(C)c(N)c(C)c(S(=O)(=O)O)c3C)ccc1=C2c1ccccc1S(=O)(=O)O. The van der Waals surface area contributed by atoms with Crippen LogP contribution in [0.3, 0.4) is 0 Å². The molecule has 286 valence electrons. The van der Waals surface area contributed by atoms with Crippen LogP contribution in [0.5, 0.6) is 11.5 Å². The summed E-state index contributed by atoms with van der Waals surface area (Å²) in [6, 6.07) is 19.4. The van der Waals surface area contributed by atoms with E-state index in [1.54, 1.807) is 63.2 Å². The van der Waals surface area contributed by atoms with Gasteiger partial charge in [-0.1, -0.05) is 56.3 Å². The van der Waals surface area contributed by atoms with E-state index in [4.69, 9.17) is 10.5 Å². The molecule has 1 aliphatic heterocycles. The first-order chi connectivity index (χ1) is 25.7. The summed E-state index contributed by atoms with van der Waals surface area (Å²) in [4.78, 5) is 12.2. The molecule has 5 aromatic rings. The predicted octanol–water partition coefficient (Wildman–Crippen LogP) is 6.98. The minimum Gasteiger partial charge on any atom is -0.456 e. The Balaban J connectivity index is 1.56. The molecular formula is C43H44N2O8S2. The van der Waals surface area contributed by atoms with Crippen LogP contribution in [-0.4, -0.2) is 31.8 Å². The van der Waals surface area contributed by atoms with Crippen molar-refractivity contribution < 1.29 is 35.5 Å². The molecule has 0 unspecified atom stereocenters. The first-order valence-corrected chi connectivity index (χ1v) is 20.6. The highest BCUT2D eigenvalue weighted by molar-refractivity contribution is 7.86. The molecule has 55 heavy (non-hydrogen) atoms. The molecule has 0 atom stereocenters. The number of fused-ring (bicyclic) bond motifs is 2. The molecule has 1 amide bonds. The summed E-state index contributed by atoms with van der Waals surface area (Å²) in [6.45, 7) is 14.6. The van der Waals surface area contributed by atoms with Crippen LogP contribution in [-0.2, 0) is 31.5 Å². The molecule has 0 bridgehead atoms. The van der Waals surface area contributed by atoms with Gasteiger partial charge >= 0.3 is 0 Å². The van der Waals surface area contributed by atoms with Gasteiger partial charge in [-0.05, 0) is 134 Å². The maximum absolute atomic E-state index is 12.7. The van der Waals surface area contributed by atoms with Crippen LogP contribution in [0.15, 0.2) is 76.5 Å². The van der Waals surface area contributed by atoms with E-state index in [0.717, 1.165) is 33.5 Å². The van der Waals surface area contributed by atoms with E-state index in [1.807, 2.05) is 52.8 Å². The lowest BCUT2D eigenvalue weighted by atomic mass is 9.89. The maximum Gasteiger partial charge on any atom is 0.295 e. The molecule has 12 heteroatoms. The lowest BCUT2D eigenvalue weighted by Crippen LogP contribution is -2.21. The zero-order valence-electron chi connectivity index (χ0n) is 32.0. The van der Waals surface area contributed by atoms with Gasteiger partial charge in [0.05, 0.1) is 0 Å². The zero-order valence-corrected chi connectivity index (χ0v) is 33.6. The third kappa shape index (κ3) is 7.42. The molecule has 0 radical (unpaired) electrons. The van der Waals surface area contributed by atoms with Crippen molar-refractivity contribution in [3.63, 3.8) is 0 Å². The molecular weight excluding hydrogens is 737 g/mol. The topological polar surface area (TPSA) is 173 Å². The second-order valence-electron chi connectivity index (χ2n) is 14.5. The maximum atomic E-state index is 12.7. The molecule has 0 spiro atoms. The number of anilines is 2. The number of rotatable bonds is 8. The number of nitrogen functional groups attached to an aromatic ring is 1. The molecule has 6 rings (SSSR count). The number of carbonyl (C=O) groups is 1. The van der Waals surface area contributed by atoms with E-state index < -0.39 is 20.2 Å². The highest BCUT2D eigenvalue weighted by Crippen LogP contribution is 2.40. The lowest BCUT2D eigenvalue weighted by Gasteiger charge is -2.23. The number of ether oxygens (including phenoxy) is 1. The van der Waals surface area contributed by atoms with Gasteiger partial charge in [0, 0.05) is 39.2 Å². The molecule has 1 heterocycles. The first-order valence-electron chi connectivity index (χ1n) is 17.7. The molecule has 0 fully saturated rings. The van der Waals surface area contributed by atoms with Crippen LogP contribution in [0.25, 0.3) is 11.6 Å².